The molecule has 2 aromatic carbocycles. The van der Waals surface area contributed by atoms with E-state index in [1.807, 2.05) is 52.1 Å². The second-order valence-electron chi connectivity index (χ2n) is 10.4. The first kappa shape index (κ1) is 29.0. The minimum absolute atomic E-state index is 0.0958. The van der Waals surface area contributed by atoms with Crippen LogP contribution in [-0.2, 0) is 19.1 Å². The normalized spacial score (nSPS) is 18.7. The molecule has 1 saturated heterocycles. The number of ether oxygens (including phenoxy) is 4. The van der Waals surface area contributed by atoms with Gasteiger partial charge in [0.2, 0.25) is 5.91 Å². The highest BCUT2D eigenvalue weighted by molar-refractivity contribution is 6.30. The van der Waals surface area contributed by atoms with E-state index in [0.717, 1.165) is 41.9 Å². The maximum atomic E-state index is 13.3. The largest absolute Gasteiger partial charge is 0.493 e. The molecule has 2 aliphatic heterocycles. The predicted molar refractivity (Wildman–Crippen MR) is 154 cm³/mol. The number of rotatable bonds is 9. The molecule has 2 aliphatic rings. The molecule has 41 heavy (non-hydrogen) atoms. The Labute approximate surface area is 245 Å². The van der Waals surface area contributed by atoms with Gasteiger partial charge >= 0.3 is 5.97 Å². The third-order valence-electron chi connectivity index (χ3n) is 8.08. The van der Waals surface area contributed by atoms with Gasteiger partial charge in [-0.3, -0.25) is 9.59 Å². The van der Waals surface area contributed by atoms with Gasteiger partial charge in [0.05, 0.1) is 27.0 Å². The molecule has 0 bridgehead atoms. The van der Waals surface area contributed by atoms with Crippen molar-refractivity contribution < 1.29 is 28.5 Å². The Morgan fingerprint density at radius 1 is 1.02 bits per heavy atom. The number of carbonyl (C=O) groups is 2. The number of piperidine rings is 1. The Kier molecular flexibility index (Phi) is 9.15. The van der Waals surface area contributed by atoms with Crippen molar-refractivity contribution in [3.8, 4) is 17.2 Å². The van der Waals surface area contributed by atoms with E-state index in [2.05, 4.69) is 4.98 Å². The topological polar surface area (TPSA) is 92.1 Å². The van der Waals surface area contributed by atoms with Crippen molar-refractivity contribution in [3.63, 3.8) is 0 Å². The first-order valence-electron chi connectivity index (χ1n) is 14.0. The first-order chi connectivity index (χ1) is 19.9. The molecule has 9 nitrogen and oxygen atoms in total. The molecule has 0 aliphatic carbocycles. The summed E-state index contributed by atoms with van der Waals surface area (Å²) in [5.74, 6) is 2.25. The number of hydrogen-bond acceptors (Lipinski definition) is 7. The summed E-state index contributed by atoms with van der Waals surface area (Å²) in [6.07, 6.45) is 6.44. The minimum Gasteiger partial charge on any atom is -0.493 e. The first-order valence-corrected chi connectivity index (χ1v) is 14.3. The Morgan fingerprint density at radius 2 is 1.83 bits per heavy atom. The summed E-state index contributed by atoms with van der Waals surface area (Å²) < 4.78 is 25.0. The smallest absolute Gasteiger partial charge is 0.305 e. The van der Waals surface area contributed by atoms with Crippen molar-refractivity contribution in [3.05, 3.63) is 70.8 Å². The van der Waals surface area contributed by atoms with Crippen molar-refractivity contribution in [2.24, 2.45) is 5.92 Å². The third-order valence-corrected chi connectivity index (χ3v) is 8.31. The van der Waals surface area contributed by atoms with Crippen LogP contribution in [0.4, 0.5) is 0 Å². The average Bonchev–Trinajstić information content (AvgIpc) is 3.45. The number of hydrogen-bond donors (Lipinski definition) is 0. The molecule has 0 N–H and O–H groups in total. The molecule has 0 spiro atoms. The highest BCUT2D eigenvalue weighted by atomic mass is 35.5. The summed E-state index contributed by atoms with van der Waals surface area (Å²) in [5.41, 5.74) is 2.57. The van der Waals surface area contributed by atoms with E-state index in [4.69, 9.17) is 30.5 Å². The van der Waals surface area contributed by atoms with Crippen molar-refractivity contribution in [1.82, 2.24) is 14.5 Å². The van der Waals surface area contributed by atoms with Gasteiger partial charge in [-0.25, -0.2) is 4.98 Å². The summed E-state index contributed by atoms with van der Waals surface area (Å²) in [6.45, 7) is 1.39. The van der Waals surface area contributed by atoms with Gasteiger partial charge in [-0.15, -0.1) is 0 Å². The Balaban J connectivity index is 1.36. The fraction of sp³-hybridized carbons (Fsp3) is 0.452. The van der Waals surface area contributed by atoms with Gasteiger partial charge in [-0.1, -0.05) is 23.7 Å². The lowest BCUT2D eigenvalue weighted by molar-refractivity contribution is -0.141. The molecular formula is C31H36ClN3O6. The van der Waals surface area contributed by atoms with Crippen LogP contribution < -0.4 is 9.47 Å². The number of likely N-dealkylation sites (tertiary alicyclic amines) is 1. The summed E-state index contributed by atoms with van der Waals surface area (Å²) in [4.78, 5) is 31.4. The van der Waals surface area contributed by atoms with Crippen LogP contribution in [-0.4, -0.2) is 60.7 Å². The van der Waals surface area contributed by atoms with E-state index in [-0.39, 0.29) is 11.9 Å². The van der Waals surface area contributed by atoms with Crippen molar-refractivity contribution >= 4 is 23.5 Å². The highest BCUT2D eigenvalue weighted by Gasteiger charge is 2.34. The van der Waals surface area contributed by atoms with E-state index in [1.54, 1.807) is 20.4 Å². The maximum Gasteiger partial charge on any atom is 0.305 e. The summed E-state index contributed by atoms with van der Waals surface area (Å²) in [5, 5.41) is 0.587. The Morgan fingerprint density at radius 3 is 2.56 bits per heavy atom. The molecule has 5 rings (SSSR count). The minimum atomic E-state index is -0.541. The number of benzene rings is 2. The van der Waals surface area contributed by atoms with Gasteiger partial charge in [0.15, 0.2) is 11.5 Å². The molecule has 0 radical (unpaired) electrons. The average molecular weight is 582 g/mol. The van der Waals surface area contributed by atoms with Crippen LogP contribution in [0.25, 0.3) is 5.69 Å². The Bertz CT molecular complexity index is 1380. The number of nitrogens with zero attached hydrogens (tertiary/aromatic N) is 3. The molecule has 1 fully saturated rings. The van der Waals surface area contributed by atoms with Crippen LogP contribution in [0.15, 0.2) is 48.8 Å². The molecule has 218 valence electrons. The number of methoxy groups -OCH3 is 3. The van der Waals surface area contributed by atoms with Crippen LogP contribution in [0.3, 0.4) is 0 Å². The summed E-state index contributed by atoms with van der Waals surface area (Å²) >= 11 is 6.48. The second-order valence-corrected chi connectivity index (χ2v) is 10.9. The number of esters is 1. The zero-order valence-corrected chi connectivity index (χ0v) is 24.4. The molecule has 2 unspecified atom stereocenters. The Hall–Kier alpha value is -3.56. The van der Waals surface area contributed by atoms with Crippen molar-refractivity contribution in [2.75, 3.05) is 34.4 Å². The van der Waals surface area contributed by atoms with Crippen LogP contribution in [0.1, 0.15) is 67.7 Å². The van der Waals surface area contributed by atoms with Crippen molar-refractivity contribution in [2.45, 2.75) is 50.7 Å². The molecule has 1 amide bonds. The van der Waals surface area contributed by atoms with E-state index in [0.29, 0.717) is 54.8 Å². The van der Waals surface area contributed by atoms with Crippen LogP contribution >= 0.6 is 11.6 Å². The zero-order chi connectivity index (χ0) is 28.9. The molecule has 2 atom stereocenters. The van der Waals surface area contributed by atoms with Crippen molar-refractivity contribution in [1.29, 1.82) is 0 Å². The molecule has 0 saturated carbocycles. The number of aromatic nitrogens is 2. The monoisotopic (exact) mass is 581 g/mol. The number of carbonyl (C=O) groups excluding carboxylic acids is 2. The lowest BCUT2D eigenvalue weighted by Crippen LogP contribution is -2.38. The summed E-state index contributed by atoms with van der Waals surface area (Å²) in [6, 6.07) is 11.4. The lowest BCUT2D eigenvalue weighted by atomic mass is 9.92. The van der Waals surface area contributed by atoms with E-state index >= 15 is 0 Å². The van der Waals surface area contributed by atoms with Gasteiger partial charge in [0, 0.05) is 54.5 Å². The fourth-order valence-electron chi connectivity index (χ4n) is 5.87. The van der Waals surface area contributed by atoms with E-state index in [9.17, 15) is 9.59 Å². The number of para-hydroxylation sites is 1. The van der Waals surface area contributed by atoms with Gasteiger partial charge in [0.1, 0.15) is 18.0 Å². The second kappa shape index (κ2) is 13.0. The number of amides is 1. The standard InChI is InChI=1S/C31H36ClN3O6/c1-38-25-6-4-5-22(30(25)40-3)29-23-19-21(32)8-9-24(23)35-18-15-33-31(35)26(41-29)10-11-27(36)34-16-13-20(14-17-34)7-12-28(37)39-2/h4-6,8-9,15,18-20,26,29H,7,10-14,16-17H2,1-3H3. The quantitative estimate of drug-likeness (QED) is 0.300. The SMILES string of the molecule is COC(=O)CCC1CCN(C(=O)CCC2OC(c3cccc(OC)c3OC)c3cc(Cl)ccc3-n3ccnc32)CC1. The fourth-order valence-corrected chi connectivity index (χ4v) is 6.05. The number of imidazole rings is 1. The van der Waals surface area contributed by atoms with Crippen LogP contribution in [0.2, 0.25) is 5.02 Å². The predicted octanol–water partition coefficient (Wildman–Crippen LogP) is 5.68. The van der Waals surface area contributed by atoms with Gasteiger partial charge < -0.3 is 28.4 Å². The van der Waals surface area contributed by atoms with Crippen LogP contribution in [0, 0.1) is 5.92 Å². The molecular weight excluding hydrogens is 546 g/mol. The lowest BCUT2D eigenvalue weighted by Gasteiger charge is -2.32. The molecule has 10 heteroatoms. The molecule has 3 aromatic rings. The molecule has 1 aromatic heterocycles. The zero-order valence-electron chi connectivity index (χ0n) is 23.7. The van der Waals surface area contributed by atoms with E-state index in [1.165, 1.54) is 7.11 Å². The van der Waals surface area contributed by atoms with Gasteiger partial charge in [0.25, 0.3) is 0 Å². The van der Waals surface area contributed by atoms with Gasteiger partial charge in [-0.2, -0.15) is 0 Å². The molecule has 3 heterocycles. The van der Waals surface area contributed by atoms with E-state index < -0.39 is 12.2 Å². The summed E-state index contributed by atoms with van der Waals surface area (Å²) in [7, 11) is 4.63. The highest BCUT2D eigenvalue weighted by Crippen LogP contribution is 2.46. The number of fused-ring (bicyclic) bond motifs is 3. The van der Waals surface area contributed by atoms with Gasteiger partial charge in [-0.05, 0) is 55.9 Å². The number of halogens is 1. The third kappa shape index (κ3) is 6.21. The maximum absolute atomic E-state index is 13.3. The van der Waals surface area contributed by atoms with Crippen LogP contribution in [0.5, 0.6) is 11.5 Å².